The Labute approximate surface area is 125 Å². The highest BCUT2D eigenvalue weighted by molar-refractivity contribution is 7.80. The first-order valence-corrected chi connectivity index (χ1v) is 7.94. The van der Waals surface area contributed by atoms with Gasteiger partial charge in [0.2, 0.25) is 0 Å². The average Bonchev–Trinajstić information content (AvgIpc) is 2.91. The summed E-state index contributed by atoms with van der Waals surface area (Å²) in [5, 5.41) is 4.30. The average molecular weight is 292 g/mol. The summed E-state index contributed by atoms with van der Waals surface area (Å²) in [5.74, 6) is -0.159. The van der Waals surface area contributed by atoms with Gasteiger partial charge in [0.15, 0.2) is 5.11 Å². The van der Waals surface area contributed by atoms with Gasteiger partial charge in [0.1, 0.15) is 5.82 Å². The zero-order valence-electron chi connectivity index (χ0n) is 11.9. The van der Waals surface area contributed by atoms with E-state index in [1.165, 1.54) is 31.7 Å². The Kier molecular flexibility index (Phi) is 3.92. The van der Waals surface area contributed by atoms with Crippen molar-refractivity contribution in [3.8, 4) is 0 Å². The molecule has 1 fully saturated rings. The number of thiocarbonyl (C=S) groups is 1. The van der Waals surface area contributed by atoms with E-state index in [1.807, 2.05) is 6.07 Å². The van der Waals surface area contributed by atoms with Crippen molar-refractivity contribution in [1.82, 2.24) is 5.32 Å². The van der Waals surface area contributed by atoms with Crippen LogP contribution < -0.4 is 10.2 Å². The lowest BCUT2D eigenvalue weighted by molar-refractivity contribution is 0.584. The van der Waals surface area contributed by atoms with Gasteiger partial charge in [-0.2, -0.15) is 0 Å². The monoisotopic (exact) mass is 292 g/mol. The summed E-state index contributed by atoms with van der Waals surface area (Å²) in [4.78, 5) is 2.17. The summed E-state index contributed by atoms with van der Waals surface area (Å²) in [6.45, 7) is 2.19. The van der Waals surface area contributed by atoms with Crippen LogP contribution in [0.3, 0.4) is 0 Å². The topological polar surface area (TPSA) is 15.3 Å². The fraction of sp³-hybridized carbons (Fsp3) is 0.562. The van der Waals surface area contributed by atoms with Crippen LogP contribution in [0.1, 0.15) is 44.6 Å². The maximum atomic E-state index is 13.4. The Morgan fingerprint density at radius 3 is 2.80 bits per heavy atom. The smallest absolute Gasteiger partial charge is 0.173 e. The highest BCUT2D eigenvalue weighted by Crippen LogP contribution is 2.31. The van der Waals surface area contributed by atoms with Crippen molar-refractivity contribution in [1.29, 1.82) is 0 Å². The predicted molar refractivity (Wildman–Crippen MR) is 84.7 cm³/mol. The maximum absolute atomic E-state index is 13.4. The van der Waals surface area contributed by atoms with Gasteiger partial charge in [0.25, 0.3) is 0 Å². The van der Waals surface area contributed by atoms with Gasteiger partial charge >= 0.3 is 0 Å². The molecule has 1 aliphatic heterocycles. The van der Waals surface area contributed by atoms with Crippen LogP contribution in [0.4, 0.5) is 10.1 Å². The Bertz CT molecular complexity index is 511. The molecule has 0 spiro atoms. The number of rotatable bonds is 1. The van der Waals surface area contributed by atoms with Crippen molar-refractivity contribution < 1.29 is 4.39 Å². The van der Waals surface area contributed by atoms with Gasteiger partial charge in [0, 0.05) is 17.8 Å². The minimum atomic E-state index is -0.159. The largest absolute Gasteiger partial charge is 0.360 e. The molecule has 0 aromatic heterocycles. The van der Waals surface area contributed by atoms with E-state index in [0.29, 0.717) is 12.1 Å². The predicted octanol–water partition coefficient (Wildman–Crippen LogP) is 3.78. The Balaban J connectivity index is 1.82. The molecule has 1 atom stereocenters. The zero-order chi connectivity index (χ0) is 14.1. The molecular formula is C16H21FN2S. The standard InChI is InChI=1S/C16H21FN2S/c1-11-6-7-12-10-13(17)8-9-15(12)19(11)16(20)18-14-4-2-3-5-14/h8-11,14H,2-7H2,1H3,(H,18,20). The van der Waals surface area contributed by atoms with Crippen LogP contribution in [0.25, 0.3) is 0 Å². The second-order valence-electron chi connectivity index (χ2n) is 5.96. The van der Waals surface area contributed by atoms with E-state index in [1.54, 1.807) is 6.07 Å². The van der Waals surface area contributed by atoms with E-state index in [4.69, 9.17) is 12.2 Å². The van der Waals surface area contributed by atoms with Crippen LogP contribution in [0.5, 0.6) is 0 Å². The van der Waals surface area contributed by atoms with E-state index in [2.05, 4.69) is 17.1 Å². The normalized spacial score (nSPS) is 22.7. The molecule has 4 heteroatoms. The SMILES string of the molecule is CC1CCc2cc(F)ccc2N1C(=S)NC1CCCC1. The number of halogens is 1. The second kappa shape index (κ2) is 5.68. The summed E-state index contributed by atoms with van der Waals surface area (Å²) in [5.41, 5.74) is 2.14. The van der Waals surface area contributed by atoms with Gasteiger partial charge in [-0.05, 0) is 68.6 Å². The van der Waals surface area contributed by atoms with Crippen LogP contribution >= 0.6 is 12.2 Å². The number of hydrogen-bond acceptors (Lipinski definition) is 1. The first-order valence-electron chi connectivity index (χ1n) is 7.53. The Morgan fingerprint density at radius 1 is 1.30 bits per heavy atom. The van der Waals surface area contributed by atoms with Gasteiger partial charge in [-0.15, -0.1) is 0 Å². The third-order valence-corrected chi connectivity index (χ3v) is 4.79. The van der Waals surface area contributed by atoms with Crippen LogP contribution in [0.2, 0.25) is 0 Å². The highest BCUT2D eigenvalue weighted by Gasteiger charge is 2.28. The summed E-state index contributed by atoms with van der Waals surface area (Å²) in [6, 6.07) is 5.92. The van der Waals surface area contributed by atoms with Crippen LogP contribution in [0, 0.1) is 5.82 Å². The number of nitrogens with zero attached hydrogens (tertiary/aromatic N) is 1. The molecule has 3 rings (SSSR count). The molecule has 0 saturated heterocycles. The highest BCUT2D eigenvalue weighted by atomic mass is 32.1. The molecule has 1 aromatic carbocycles. The zero-order valence-corrected chi connectivity index (χ0v) is 12.7. The van der Waals surface area contributed by atoms with Crippen LogP contribution in [-0.4, -0.2) is 17.2 Å². The van der Waals surface area contributed by atoms with Gasteiger partial charge in [-0.25, -0.2) is 4.39 Å². The fourth-order valence-electron chi connectivity index (χ4n) is 3.34. The van der Waals surface area contributed by atoms with Gasteiger partial charge in [-0.1, -0.05) is 12.8 Å². The quantitative estimate of drug-likeness (QED) is 0.793. The summed E-state index contributed by atoms with van der Waals surface area (Å²) >= 11 is 5.62. The van der Waals surface area contributed by atoms with E-state index < -0.39 is 0 Å². The lowest BCUT2D eigenvalue weighted by Crippen LogP contribution is -2.49. The molecular weight excluding hydrogens is 271 g/mol. The lowest BCUT2D eigenvalue weighted by Gasteiger charge is -2.38. The molecule has 20 heavy (non-hydrogen) atoms. The van der Waals surface area contributed by atoms with Crippen molar-refractivity contribution in [3.05, 3.63) is 29.6 Å². The molecule has 1 heterocycles. The number of fused-ring (bicyclic) bond motifs is 1. The molecule has 2 aliphatic rings. The van der Waals surface area contributed by atoms with Crippen LogP contribution in [-0.2, 0) is 6.42 Å². The first-order chi connectivity index (χ1) is 9.65. The third-order valence-electron chi connectivity index (χ3n) is 4.47. The molecule has 1 N–H and O–H groups in total. The first kappa shape index (κ1) is 13.8. The molecule has 108 valence electrons. The third kappa shape index (κ3) is 2.66. The second-order valence-corrected chi connectivity index (χ2v) is 6.35. The number of nitrogens with one attached hydrogen (secondary N) is 1. The number of hydrogen-bond donors (Lipinski definition) is 1. The van der Waals surface area contributed by atoms with Crippen molar-refractivity contribution >= 4 is 23.0 Å². The summed E-state index contributed by atoms with van der Waals surface area (Å²) < 4.78 is 13.4. The minimum absolute atomic E-state index is 0.159. The van der Waals surface area contributed by atoms with Crippen molar-refractivity contribution in [2.45, 2.75) is 57.5 Å². The summed E-state index contributed by atoms with van der Waals surface area (Å²) in [7, 11) is 0. The van der Waals surface area contributed by atoms with Crippen molar-refractivity contribution in [2.75, 3.05) is 4.90 Å². The van der Waals surface area contributed by atoms with Crippen LogP contribution in [0.15, 0.2) is 18.2 Å². The molecule has 1 unspecified atom stereocenters. The van der Waals surface area contributed by atoms with Gasteiger partial charge in [0.05, 0.1) is 0 Å². The van der Waals surface area contributed by atoms with Crippen molar-refractivity contribution in [2.24, 2.45) is 0 Å². The summed E-state index contributed by atoms with van der Waals surface area (Å²) in [6.07, 6.45) is 6.94. The van der Waals surface area contributed by atoms with E-state index >= 15 is 0 Å². The molecule has 1 aliphatic carbocycles. The molecule has 0 radical (unpaired) electrons. The molecule has 0 amide bonds. The van der Waals surface area contributed by atoms with E-state index in [9.17, 15) is 4.39 Å². The minimum Gasteiger partial charge on any atom is -0.360 e. The molecule has 0 bridgehead atoms. The number of aryl methyl sites for hydroxylation is 1. The Hall–Kier alpha value is -1.16. The lowest BCUT2D eigenvalue weighted by atomic mass is 9.97. The molecule has 2 nitrogen and oxygen atoms in total. The van der Waals surface area contributed by atoms with Gasteiger partial charge < -0.3 is 10.2 Å². The van der Waals surface area contributed by atoms with E-state index in [0.717, 1.165) is 29.2 Å². The Morgan fingerprint density at radius 2 is 2.05 bits per heavy atom. The van der Waals surface area contributed by atoms with Gasteiger partial charge in [-0.3, -0.25) is 0 Å². The molecule has 1 aromatic rings. The number of anilines is 1. The maximum Gasteiger partial charge on any atom is 0.173 e. The number of benzene rings is 1. The fourth-order valence-corrected chi connectivity index (χ4v) is 3.79. The van der Waals surface area contributed by atoms with E-state index in [-0.39, 0.29) is 5.82 Å². The van der Waals surface area contributed by atoms with Crippen molar-refractivity contribution in [3.63, 3.8) is 0 Å². The molecule has 1 saturated carbocycles.